The monoisotopic (exact) mass is 534 g/mol. The fourth-order valence-electron chi connectivity index (χ4n) is 4.99. The van der Waals surface area contributed by atoms with E-state index >= 15 is 0 Å². The highest BCUT2D eigenvalue weighted by atomic mass is 79.9. The fourth-order valence-corrected chi connectivity index (χ4v) is 5.70. The molecule has 2 heterocycles. The van der Waals surface area contributed by atoms with Crippen LogP contribution in [0.1, 0.15) is 51.6 Å². The average molecular weight is 535 g/mol. The largest absolute Gasteiger partial charge is 0.480 e. The van der Waals surface area contributed by atoms with Gasteiger partial charge in [0.2, 0.25) is 0 Å². The van der Waals surface area contributed by atoms with E-state index in [-0.39, 0.29) is 12.7 Å². The van der Waals surface area contributed by atoms with Crippen LogP contribution in [0.3, 0.4) is 0 Å². The van der Waals surface area contributed by atoms with Crippen LogP contribution >= 0.6 is 15.9 Å². The Balaban J connectivity index is 1.42. The first-order valence-corrected chi connectivity index (χ1v) is 13.0. The van der Waals surface area contributed by atoms with Gasteiger partial charge >= 0.3 is 5.97 Å². The van der Waals surface area contributed by atoms with Crippen molar-refractivity contribution in [2.45, 2.75) is 70.8 Å². The zero-order valence-corrected chi connectivity index (χ0v) is 21.6. The van der Waals surface area contributed by atoms with Gasteiger partial charge < -0.3 is 19.3 Å². The number of nitrogens with zero attached hydrogens (tertiary/aromatic N) is 2. The van der Waals surface area contributed by atoms with E-state index in [0.717, 1.165) is 60.8 Å². The Morgan fingerprint density at radius 2 is 1.91 bits per heavy atom. The van der Waals surface area contributed by atoms with Gasteiger partial charge in [-0.15, -0.1) is 0 Å². The highest BCUT2D eigenvalue weighted by molar-refractivity contribution is 9.10. The van der Waals surface area contributed by atoms with Gasteiger partial charge in [-0.1, -0.05) is 30.3 Å². The third kappa shape index (κ3) is 6.68. The lowest BCUT2D eigenvalue weighted by molar-refractivity contribution is -0.143. The number of hydrogen-bond donors (Lipinski definition) is 1. The van der Waals surface area contributed by atoms with Crippen LogP contribution in [0.15, 0.2) is 34.8 Å². The molecule has 1 aromatic heterocycles. The van der Waals surface area contributed by atoms with E-state index in [4.69, 9.17) is 24.4 Å². The van der Waals surface area contributed by atoms with Gasteiger partial charge in [0.05, 0.1) is 29.5 Å². The molecule has 1 aromatic carbocycles. The molecule has 2 aliphatic rings. The van der Waals surface area contributed by atoms with Gasteiger partial charge in [-0.2, -0.15) is 5.10 Å². The number of rotatable bonds is 10. The summed E-state index contributed by atoms with van der Waals surface area (Å²) < 4.78 is 20.4. The minimum Gasteiger partial charge on any atom is -0.480 e. The van der Waals surface area contributed by atoms with E-state index in [9.17, 15) is 4.79 Å². The summed E-state index contributed by atoms with van der Waals surface area (Å²) in [5.41, 5.74) is 3.30. The lowest BCUT2D eigenvalue weighted by atomic mass is 9.82. The summed E-state index contributed by atoms with van der Waals surface area (Å²) >= 11 is 3.87. The quantitative estimate of drug-likeness (QED) is 0.445. The second kappa shape index (κ2) is 11.3. The first-order valence-electron chi connectivity index (χ1n) is 12.2. The van der Waals surface area contributed by atoms with Crippen molar-refractivity contribution in [3.05, 3.63) is 40.5 Å². The van der Waals surface area contributed by atoms with E-state index < -0.39 is 11.8 Å². The number of hydrogen-bond acceptors (Lipinski definition) is 5. The van der Waals surface area contributed by atoms with Crippen molar-refractivity contribution in [2.24, 2.45) is 11.8 Å². The zero-order valence-electron chi connectivity index (χ0n) is 20.0. The molecule has 1 N–H and O–H groups in total. The summed E-state index contributed by atoms with van der Waals surface area (Å²) in [6.45, 7) is 5.76. The molecule has 1 aliphatic heterocycles. The molecule has 1 aliphatic carbocycles. The van der Waals surface area contributed by atoms with Crippen LogP contribution in [0.25, 0.3) is 11.3 Å². The number of benzene rings is 1. The molecule has 1 atom stereocenters. The minimum absolute atomic E-state index is 0.0895. The number of carboxylic acid groups (broad SMARTS) is 1. The Kier molecular flexibility index (Phi) is 8.45. The number of ether oxygens (including phenoxy) is 3. The predicted molar refractivity (Wildman–Crippen MR) is 132 cm³/mol. The van der Waals surface area contributed by atoms with Crippen LogP contribution in [0.5, 0.6) is 0 Å². The Morgan fingerprint density at radius 3 is 2.56 bits per heavy atom. The van der Waals surface area contributed by atoms with E-state index in [1.54, 1.807) is 0 Å². The number of carboxylic acids is 1. The summed E-state index contributed by atoms with van der Waals surface area (Å²) in [6, 6.07) is 10.3. The maximum atomic E-state index is 10.7. The predicted octanol–water partition coefficient (Wildman–Crippen LogP) is 5.30. The summed E-state index contributed by atoms with van der Waals surface area (Å²) in [7, 11) is 0. The third-order valence-electron chi connectivity index (χ3n) is 6.79. The van der Waals surface area contributed by atoms with Crippen LogP contribution in [0.4, 0.5) is 0 Å². The Labute approximate surface area is 209 Å². The normalized spacial score (nSPS) is 24.4. The summed E-state index contributed by atoms with van der Waals surface area (Å²) in [5, 5.41) is 13.8. The van der Waals surface area contributed by atoms with Crippen molar-refractivity contribution >= 4 is 21.9 Å². The van der Waals surface area contributed by atoms with Crippen molar-refractivity contribution in [3.63, 3.8) is 0 Å². The molecule has 1 saturated heterocycles. The fraction of sp³-hybridized carbons (Fsp3) is 0.615. The smallest absolute Gasteiger partial charge is 0.329 e. The van der Waals surface area contributed by atoms with Crippen LogP contribution in [0.2, 0.25) is 0 Å². The first-order chi connectivity index (χ1) is 16.3. The number of aliphatic carboxylic acids is 1. The van der Waals surface area contributed by atoms with E-state index in [2.05, 4.69) is 32.7 Å². The molecule has 186 valence electrons. The SMILES string of the molecule is CC1(C)OC[C@H](CCc2c(Br)c(-c3ccccc3)nn2C[C@H]2CC[C@H](COCC(=O)O)CC2)O1. The Bertz CT molecular complexity index is 954. The highest BCUT2D eigenvalue weighted by Crippen LogP contribution is 2.35. The van der Waals surface area contributed by atoms with Gasteiger partial charge in [-0.25, -0.2) is 4.79 Å². The summed E-state index contributed by atoms with van der Waals surface area (Å²) in [4.78, 5) is 10.7. The molecule has 2 fully saturated rings. The Morgan fingerprint density at radius 1 is 1.21 bits per heavy atom. The summed E-state index contributed by atoms with van der Waals surface area (Å²) in [6.07, 6.45) is 6.18. The van der Waals surface area contributed by atoms with Gasteiger partial charge in [-0.3, -0.25) is 4.68 Å². The number of halogens is 1. The second-order valence-corrected chi connectivity index (χ2v) is 10.7. The number of carbonyl (C=O) groups is 1. The second-order valence-electron chi connectivity index (χ2n) is 9.94. The van der Waals surface area contributed by atoms with E-state index in [1.165, 1.54) is 5.69 Å². The maximum Gasteiger partial charge on any atom is 0.329 e. The minimum atomic E-state index is -0.905. The molecular formula is C26H35BrN2O5. The molecule has 0 spiro atoms. The standard InChI is InChI=1S/C26H35BrN2O5/c1-26(2)33-16-21(34-26)12-13-22-24(27)25(20-6-4-3-5-7-20)28-29(22)14-18-8-10-19(11-9-18)15-32-17-23(30)31/h3-7,18-19,21H,8-17H2,1-2H3,(H,30,31)/t18-,19-,21-/m0/s1. The van der Waals surface area contributed by atoms with E-state index in [0.29, 0.717) is 25.0 Å². The average Bonchev–Trinajstić information content (AvgIpc) is 3.32. The first kappa shape index (κ1) is 25.4. The molecule has 4 rings (SSSR count). The van der Waals surface area contributed by atoms with Crippen LogP contribution in [-0.4, -0.2) is 52.6 Å². The molecule has 7 nitrogen and oxygen atoms in total. The van der Waals surface area contributed by atoms with Crippen LogP contribution in [0, 0.1) is 11.8 Å². The van der Waals surface area contributed by atoms with E-state index in [1.807, 2.05) is 32.0 Å². The number of aromatic nitrogens is 2. The molecule has 0 bridgehead atoms. The summed E-state index contributed by atoms with van der Waals surface area (Å²) in [5.74, 6) is -0.417. The van der Waals surface area contributed by atoms with Gasteiger partial charge in [0, 0.05) is 12.1 Å². The Hall–Kier alpha value is -1.74. The lowest BCUT2D eigenvalue weighted by Crippen LogP contribution is -2.24. The molecule has 0 unspecified atom stereocenters. The van der Waals surface area contributed by atoms with Crippen molar-refractivity contribution in [1.82, 2.24) is 9.78 Å². The molecule has 34 heavy (non-hydrogen) atoms. The maximum absolute atomic E-state index is 10.7. The molecule has 2 aromatic rings. The zero-order chi connectivity index (χ0) is 24.1. The van der Waals surface area contributed by atoms with Crippen molar-refractivity contribution < 1.29 is 24.1 Å². The van der Waals surface area contributed by atoms with Gasteiger partial charge in [0.1, 0.15) is 12.3 Å². The highest BCUT2D eigenvalue weighted by Gasteiger charge is 2.33. The molecule has 8 heteroatoms. The van der Waals surface area contributed by atoms with Crippen LogP contribution < -0.4 is 0 Å². The third-order valence-corrected chi connectivity index (χ3v) is 7.62. The molecule has 1 saturated carbocycles. The van der Waals surface area contributed by atoms with Gasteiger partial charge in [0.15, 0.2) is 5.79 Å². The van der Waals surface area contributed by atoms with Gasteiger partial charge in [0.25, 0.3) is 0 Å². The molecule has 0 radical (unpaired) electrons. The molecular weight excluding hydrogens is 500 g/mol. The van der Waals surface area contributed by atoms with Crippen molar-refractivity contribution in [1.29, 1.82) is 0 Å². The van der Waals surface area contributed by atoms with Crippen LogP contribution in [-0.2, 0) is 32.0 Å². The van der Waals surface area contributed by atoms with Crippen molar-refractivity contribution in [3.8, 4) is 11.3 Å². The van der Waals surface area contributed by atoms with Gasteiger partial charge in [-0.05, 0) is 80.1 Å². The lowest BCUT2D eigenvalue weighted by Gasteiger charge is -2.28. The topological polar surface area (TPSA) is 82.8 Å². The van der Waals surface area contributed by atoms with Crippen molar-refractivity contribution in [2.75, 3.05) is 19.8 Å². The molecule has 0 amide bonds.